The number of rotatable bonds is 5. The van der Waals surface area contributed by atoms with Gasteiger partial charge in [0.25, 0.3) is 5.69 Å². The molecule has 8 heteroatoms. The molecule has 20 heavy (non-hydrogen) atoms. The van der Waals surface area contributed by atoms with Gasteiger partial charge in [-0.25, -0.2) is 4.98 Å². The van der Waals surface area contributed by atoms with Crippen LogP contribution in [0.15, 0.2) is 18.3 Å². The minimum Gasteiger partial charge on any atom is -0.366 e. The first-order valence-electron chi connectivity index (χ1n) is 6.07. The Balaban J connectivity index is 2.16. The van der Waals surface area contributed by atoms with Crippen LogP contribution >= 0.6 is 11.6 Å². The van der Waals surface area contributed by atoms with Crippen LogP contribution in [-0.2, 0) is 20.0 Å². The normalized spacial score (nSPS) is 10.6. The highest BCUT2D eigenvalue weighted by Gasteiger charge is 2.11. The monoisotopic (exact) mass is 295 g/mol. The Morgan fingerprint density at radius 1 is 1.50 bits per heavy atom. The van der Waals surface area contributed by atoms with Crippen molar-refractivity contribution in [2.45, 2.75) is 19.9 Å². The predicted octanol–water partition coefficient (Wildman–Crippen LogP) is 2.55. The number of nitrogens with one attached hydrogen (secondary N) is 1. The maximum Gasteiger partial charge on any atom is 0.276 e. The highest BCUT2D eigenvalue weighted by atomic mass is 35.5. The quantitative estimate of drug-likeness (QED) is 0.520. The van der Waals surface area contributed by atoms with Gasteiger partial charge >= 0.3 is 0 Å². The molecule has 2 rings (SSSR count). The maximum absolute atomic E-state index is 10.8. The highest BCUT2D eigenvalue weighted by molar-refractivity contribution is 6.29. The van der Waals surface area contributed by atoms with Crippen LogP contribution < -0.4 is 5.32 Å². The van der Waals surface area contributed by atoms with Gasteiger partial charge in [0.05, 0.1) is 22.7 Å². The first-order chi connectivity index (χ1) is 9.49. The maximum atomic E-state index is 10.8. The molecule has 106 valence electrons. The van der Waals surface area contributed by atoms with Crippen molar-refractivity contribution in [2.75, 3.05) is 5.32 Å². The number of anilines is 1. The van der Waals surface area contributed by atoms with Crippen LogP contribution in [0.2, 0.25) is 5.15 Å². The van der Waals surface area contributed by atoms with E-state index in [0.717, 1.165) is 17.7 Å². The average molecular weight is 296 g/mol. The second kappa shape index (κ2) is 5.87. The van der Waals surface area contributed by atoms with Gasteiger partial charge in [-0.15, -0.1) is 0 Å². The third kappa shape index (κ3) is 3.24. The number of pyridine rings is 1. The van der Waals surface area contributed by atoms with E-state index in [9.17, 15) is 10.1 Å². The first-order valence-corrected chi connectivity index (χ1v) is 6.44. The van der Waals surface area contributed by atoms with Crippen LogP contribution in [0.1, 0.15) is 18.2 Å². The van der Waals surface area contributed by atoms with Crippen LogP contribution in [0.5, 0.6) is 0 Å². The van der Waals surface area contributed by atoms with E-state index < -0.39 is 4.92 Å². The van der Waals surface area contributed by atoms with E-state index in [4.69, 9.17) is 11.6 Å². The largest absolute Gasteiger partial charge is 0.366 e. The van der Waals surface area contributed by atoms with Crippen molar-refractivity contribution in [3.63, 3.8) is 0 Å². The summed E-state index contributed by atoms with van der Waals surface area (Å²) in [6, 6.07) is 2.57. The Kier molecular flexibility index (Phi) is 4.19. The Morgan fingerprint density at radius 2 is 2.25 bits per heavy atom. The first kappa shape index (κ1) is 14.3. The topological polar surface area (TPSA) is 85.9 Å². The summed E-state index contributed by atoms with van der Waals surface area (Å²) in [5.41, 5.74) is 1.92. The number of aromatic nitrogens is 3. The predicted molar refractivity (Wildman–Crippen MR) is 75.8 cm³/mol. The van der Waals surface area contributed by atoms with Crippen molar-refractivity contribution >= 4 is 23.1 Å². The Hall–Kier alpha value is -2.15. The van der Waals surface area contributed by atoms with Gasteiger partial charge in [0.1, 0.15) is 11.0 Å². The molecule has 0 atom stereocenters. The zero-order valence-corrected chi connectivity index (χ0v) is 11.9. The SMILES string of the molecule is CCc1nn(C)cc1CNc1cc([N+](=O)[O-])cc(Cl)n1. The van der Waals surface area contributed by atoms with Gasteiger partial charge in [-0.05, 0) is 6.42 Å². The molecule has 2 aromatic heterocycles. The van der Waals surface area contributed by atoms with Gasteiger partial charge in [0.15, 0.2) is 0 Å². The molecule has 0 amide bonds. The Bertz CT molecular complexity index is 641. The van der Waals surface area contributed by atoms with Crippen molar-refractivity contribution in [3.05, 3.63) is 44.9 Å². The minimum atomic E-state index is -0.500. The van der Waals surface area contributed by atoms with E-state index in [1.807, 2.05) is 20.2 Å². The molecule has 0 fully saturated rings. The van der Waals surface area contributed by atoms with Gasteiger partial charge in [0, 0.05) is 25.4 Å². The molecule has 0 saturated heterocycles. The lowest BCUT2D eigenvalue weighted by Crippen LogP contribution is -2.03. The lowest BCUT2D eigenvalue weighted by molar-refractivity contribution is -0.384. The van der Waals surface area contributed by atoms with Crippen molar-refractivity contribution in [1.82, 2.24) is 14.8 Å². The number of aryl methyl sites for hydroxylation is 2. The van der Waals surface area contributed by atoms with E-state index in [1.165, 1.54) is 12.1 Å². The second-order valence-corrected chi connectivity index (χ2v) is 4.66. The van der Waals surface area contributed by atoms with Gasteiger partial charge in [-0.3, -0.25) is 14.8 Å². The average Bonchev–Trinajstić information content (AvgIpc) is 2.76. The summed E-state index contributed by atoms with van der Waals surface area (Å²) >= 11 is 5.77. The summed E-state index contributed by atoms with van der Waals surface area (Å²) in [5.74, 6) is 0.370. The smallest absolute Gasteiger partial charge is 0.276 e. The zero-order chi connectivity index (χ0) is 14.7. The molecule has 7 nitrogen and oxygen atoms in total. The lowest BCUT2D eigenvalue weighted by atomic mass is 10.2. The summed E-state index contributed by atoms with van der Waals surface area (Å²) in [6.07, 6.45) is 2.73. The van der Waals surface area contributed by atoms with Gasteiger partial charge in [0.2, 0.25) is 0 Å². The van der Waals surface area contributed by atoms with Crippen LogP contribution in [0.3, 0.4) is 0 Å². The van der Waals surface area contributed by atoms with Crippen molar-refractivity contribution in [2.24, 2.45) is 7.05 Å². The molecule has 0 saturated carbocycles. The lowest BCUT2D eigenvalue weighted by Gasteiger charge is -2.05. The molecule has 0 spiro atoms. The fourth-order valence-electron chi connectivity index (χ4n) is 1.89. The van der Waals surface area contributed by atoms with E-state index in [-0.39, 0.29) is 10.8 Å². The van der Waals surface area contributed by atoms with Crippen LogP contribution in [0.25, 0.3) is 0 Å². The standard InChI is InChI=1S/C12H14ClN5O2/c1-3-10-8(7-17(2)16-10)6-14-12-5-9(18(19)20)4-11(13)15-12/h4-5,7H,3,6H2,1-2H3,(H,14,15). The number of nitro groups is 1. The van der Waals surface area contributed by atoms with E-state index in [1.54, 1.807) is 4.68 Å². The molecule has 2 aromatic rings. The van der Waals surface area contributed by atoms with Gasteiger partial charge in [-0.2, -0.15) is 5.10 Å². The van der Waals surface area contributed by atoms with E-state index >= 15 is 0 Å². The highest BCUT2D eigenvalue weighted by Crippen LogP contribution is 2.21. The molecule has 0 aliphatic heterocycles. The molecule has 0 bridgehead atoms. The van der Waals surface area contributed by atoms with Crippen molar-refractivity contribution in [3.8, 4) is 0 Å². The zero-order valence-electron chi connectivity index (χ0n) is 11.1. The van der Waals surface area contributed by atoms with Crippen LogP contribution in [0.4, 0.5) is 11.5 Å². The molecular formula is C12H14ClN5O2. The molecular weight excluding hydrogens is 282 g/mol. The molecule has 0 radical (unpaired) electrons. The second-order valence-electron chi connectivity index (χ2n) is 4.27. The van der Waals surface area contributed by atoms with Crippen LogP contribution in [-0.4, -0.2) is 19.7 Å². The summed E-state index contributed by atoms with van der Waals surface area (Å²) < 4.78 is 1.74. The molecule has 2 heterocycles. The summed E-state index contributed by atoms with van der Waals surface area (Å²) in [5, 5.41) is 18.2. The third-order valence-electron chi connectivity index (χ3n) is 2.78. The Morgan fingerprint density at radius 3 is 2.90 bits per heavy atom. The molecule has 1 N–H and O–H groups in total. The van der Waals surface area contributed by atoms with E-state index in [0.29, 0.717) is 12.4 Å². The minimum absolute atomic E-state index is 0.0867. The fourth-order valence-corrected chi connectivity index (χ4v) is 2.10. The van der Waals surface area contributed by atoms with Gasteiger partial charge in [-0.1, -0.05) is 18.5 Å². The Labute approximate surface area is 120 Å². The van der Waals surface area contributed by atoms with Gasteiger partial charge < -0.3 is 5.32 Å². The summed E-state index contributed by atoms with van der Waals surface area (Å²) in [6.45, 7) is 2.51. The summed E-state index contributed by atoms with van der Waals surface area (Å²) in [4.78, 5) is 14.3. The fraction of sp³-hybridized carbons (Fsp3) is 0.333. The number of nitrogens with zero attached hydrogens (tertiary/aromatic N) is 4. The molecule has 0 unspecified atom stereocenters. The number of hydrogen-bond acceptors (Lipinski definition) is 5. The number of halogens is 1. The summed E-state index contributed by atoms with van der Waals surface area (Å²) in [7, 11) is 1.85. The molecule has 0 aliphatic carbocycles. The molecule has 0 aliphatic rings. The van der Waals surface area contributed by atoms with E-state index in [2.05, 4.69) is 15.4 Å². The van der Waals surface area contributed by atoms with Crippen molar-refractivity contribution in [1.29, 1.82) is 0 Å². The molecule has 0 aromatic carbocycles. The number of hydrogen-bond donors (Lipinski definition) is 1. The van der Waals surface area contributed by atoms with Crippen molar-refractivity contribution < 1.29 is 4.92 Å². The third-order valence-corrected chi connectivity index (χ3v) is 2.97. The van der Waals surface area contributed by atoms with Crippen LogP contribution in [0, 0.1) is 10.1 Å².